The Kier molecular flexibility index (Phi) is 7.96. The minimum Gasteiger partial charge on any atom is -0.374 e. The molecule has 0 aromatic carbocycles. The third kappa shape index (κ3) is 7.28. The highest BCUT2D eigenvalue weighted by molar-refractivity contribution is 4.76. The molecule has 0 aromatic heterocycles. The molecule has 1 fully saturated rings. The third-order valence-corrected chi connectivity index (χ3v) is 4.10. The van der Waals surface area contributed by atoms with Gasteiger partial charge in [0.05, 0.1) is 12.7 Å². The fraction of sp³-hybridized carbons (Fsp3) is 1.00. The molecule has 0 aromatic rings. The van der Waals surface area contributed by atoms with Crippen molar-refractivity contribution in [2.75, 3.05) is 39.3 Å². The van der Waals surface area contributed by atoms with Gasteiger partial charge in [-0.3, -0.25) is 4.90 Å². The van der Waals surface area contributed by atoms with Crippen LogP contribution in [0.4, 0.5) is 0 Å². The Bertz CT molecular complexity index is 231. The third-order valence-electron chi connectivity index (χ3n) is 4.10. The predicted molar refractivity (Wildman–Crippen MR) is 82.6 cm³/mol. The van der Waals surface area contributed by atoms with Gasteiger partial charge < -0.3 is 10.1 Å². The van der Waals surface area contributed by atoms with Crippen molar-refractivity contribution < 1.29 is 4.74 Å². The summed E-state index contributed by atoms with van der Waals surface area (Å²) in [5.41, 5.74) is 0.411. The van der Waals surface area contributed by atoms with Crippen molar-refractivity contribution in [3.8, 4) is 0 Å². The molecule has 1 aliphatic heterocycles. The zero-order chi connectivity index (χ0) is 14.1. The predicted octanol–water partition coefficient (Wildman–Crippen LogP) is 2.90. The largest absolute Gasteiger partial charge is 0.374 e. The van der Waals surface area contributed by atoms with Crippen LogP contribution in [0.5, 0.6) is 0 Å². The van der Waals surface area contributed by atoms with Gasteiger partial charge in [-0.2, -0.15) is 0 Å². The molecule has 0 aliphatic carbocycles. The van der Waals surface area contributed by atoms with Crippen LogP contribution in [0.2, 0.25) is 0 Å². The number of ether oxygens (including phenoxy) is 1. The van der Waals surface area contributed by atoms with E-state index in [9.17, 15) is 0 Å². The van der Waals surface area contributed by atoms with Crippen LogP contribution < -0.4 is 5.32 Å². The fourth-order valence-corrected chi connectivity index (χ4v) is 2.70. The number of unbranched alkanes of at least 4 members (excludes halogenated alkanes) is 2. The van der Waals surface area contributed by atoms with Gasteiger partial charge in [0.2, 0.25) is 0 Å². The number of hydrogen-bond donors (Lipinski definition) is 1. The van der Waals surface area contributed by atoms with Crippen molar-refractivity contribution in [3.63, 3.8) is 0 Å². The SMILES string of the molecule is CCCCCC(C)(C)CNCC1CN(CC)CCO1. The second-order valence-corrected chi connectivity index (χ2v) is 6.64. The lowest BCUT2D eigenvalue weighted by Crippen LogP contribution is -2.47. The van der Waals surface area contributed by atoms with Crippen molar-refractivity contribution in [2.24, 2.45) is 5.41 Å². The lowest BCUT2D eigenvalue weighted by Gasteiger charge is -2.33. The lowest BCUT2D eigenvalue weighted by atomic mass is 9.87. The summed E-state index contributed by atoms with van der Waals surface area (Å²) < 4.78 is 5.82. The van der Waals surface area contributed by atoms with Crippen molar-refractivity contribution in [2.45, 2.75) is 59.5 Å². The van der Waals surface area contributed by atoms with E-state index < -0.39 is 0 Å². The summed E-state index contributed by atoms with van der Waals surface area (Å²) in [5, 5.41) is 3.62. The van der Waals surface area contributed by atoms with Crippen LogP contribution in [0.15, 0.2) is 0 Å². The molecule has 1 unspecified atom stereocenters. The second kappa shape index (κ2) is 8.93. The molecule has 1 rings (SSSR count). The summed E-state index contributed by atoms with van der Waals surface area (Å²) in [6.45, 7) is 15.5. The number of likely N-dealkylation sites (N-methyl/N-ethyl adjacent to an activating group) is 1. The molecule has 3 heteroatoms. The highest BCUT2D eigenvalue weighted by Gasteiger charge is 2.21. The van der Waals surface area contributed by atoms with Crippen LogP contribution >= 0.6 is 0 Å². The van der Waals surface area contributed by atoms with Gasteiger partial charge in [0.15, 0.2) is 0 Å². The maximum absolute atomic E-state index is 5.82. The first-order chi connectivity index (χ1) is 9.07. The van der Waals surface area contributed by atoms with E-state index in [0.29, 0.717) is 11.5 Å². The average Bonchev–Trinajstić information content (AvgIpc) is 2.39. The normalized spacial score (nSPS) is 21.8. The first-order valence-electron chi connectivity index (χ1n) is 8.12. The number of hydrogen-bond acceptors (Lipinski definition) is 3. The Morgan fingerprint density at radius 3 is 2.74 bits per heavy atom. The van der Waals surface area contributed by atoms with E-state index in [1.54, 1.807) is 0 Å². The van der Waals surface area contributed by atoms with Crippen molar-refractivity contribution in [1.82, 2.24) is 10.2 Å². The van der Waals surface area contributed by atoms with Crippen LogP contribution in [0, 0.1) is 5.41 Å². The van der Waals surface area contributed by atoms with Crippen LogP contribution in [0.1, 0.15) is 53.4 Å². The summed E-state index contributed by atoms with van der Waals surface area (Å²) >= 11 is 0. The first-order valence-corrected chi connectivity index (χ1v) is 8.12. The van der Waals surface area contributed by atoms with E-state index in [1.165, 1.54) is 25.7 Å². The van der Waals surface area contributed by atoms with E-state index in [0.717, 1.165) is 39.3 Å². The minimum absolute atomic E-state index is 0.375. The van der Waals surface area contributed by atoms with Crippen molar-refractivity contribution in [1.29, 1.82) is 0 Å². The Morgan fingerprint density at radius 2 is 2.05 bits per heavy atom. The molecule has 1 saturated heterocycles. The Balaban J connectivity index is 2.14. The van der Waals surface area contributed by atoms with E-state index in [4.69, 9.17) is 4.74 Å². The molecule has 0 saturated carbocycles. The molecule has 0 radical (unpaired) electrons. The summed E-state index contributed by atoms with van der Waals surface area (Å²) in [7, 11) is 0. The maximum atomic E-state index is 5.82. The average molecular weight is 270 g/mol. The van der Waals surface area contributed by atoms with E-state index >= 15 is 0 Å². The molecule has 1 N–H and O–H groups in total. The maximum Gasteiger partial charge on any atom is 0.0826 e. The molecule has 19 heavy (non-hydrogen) atoms. The molecular weight excluding hydrogens is 236 g/mol. The van der Waals surface area contributed by atoms with E-state index in [1.807, 2.05) is 0 Å². The van der Waals surface area contributed by atoms with Crippen LogP contribution in [-0.4, -0.2) is 50.3 Å². The summed E-state index contributed by atoms with van der Waals surface area (Å²) in [6.07, 6.45) is 5.72. The van der Waals surface area contributed by atoms with Gasteiger partial charge in [-0.15, -0.1) is 0 Å². The van der Waals surface area contributed by atoms with E-state index in [2.05, 4.69) is 37.9 Å². The zero-order valence-electron chi connectivity index (χ0n) is 13.5. The molecule has 114 valence electrons. The number of rotatable bonds is 9. The molecule has 1 aliphatic rings. The van der Waals surface area contributed by atoms with Gasteiger partial charge in [-0.25, -0.2) is 0 Å². The van der Waals surface area contributed by atoms with Crippen LogP contribution in [-0.2, 0) is 4.74 Å². The number of nitrogens with zero attached hydrogens (tertiary/aromatic N) is 1. The van der Waals surface area contributed by atoms with Gasteiger partial charge in [-0.05, 0) is 18.4 Å². The Morgan fingerprint density at radius 1 is 1.26 bits per heavy atom. The van der Waals surface area contributed by atoms with Crippen LogP contribution in [0.25, 0.3) is 0 Å². The molecular formula is C16H34N2O. The standard InChI is InChI=1S/C16H34N2O/c1-5-7-8-9-16(3,4)14-17-12-15-13-18(6-2)10-11-19-15/h15,17H,5-14H2,1-4H3. The highest BCUT2D eigenvalue weighted by atomic mass is 16.5. The van der Waals surface area contributed by atoms with Gasteiger partial charge in [0.1, 0.15) is 0 Å². The second-order valence-electron chi connectivity index (χ2n) is 6.64. The quantitative estimate of drug-likeness (QED) is 0.652. The van der Waals surface area contributed by atoms with Gasteiger partial charge >= 0.3 is 0 Å². The van der Waals surface area contributed by atoms with Gasteiger partial charge in [0.25, 0.3) is 0 Å². The highest BCUT2D eigenvalue weighted by Crippen LogP contribution is 2.22. The smallest absolute Gasteiger partial charge is 0.0826 e. The molecule has 1 heterocycles. The first kappa shape index (κ1) is 16.9. The van der Waals surface area contributed by atoms with Crippen molar-refractivity contribution >= 4 is 0 Å². The molecule has 0 spiro atoms. The summed E-state index contributed by atoms with van der Waals surface area (Å²) in [5.74, 6) is 0. The summed E-state index contributed by atoms with van der Waals surface area (Å²) in [6, 6.07) is 0. The topological polar surface area (TPSA) is 24.5 Å². The molecule has 0 bridgehead atoms. The minimum atomic E-state index is 0.375. The number of nitrogens with one attached hydrogen (secondary N) is 1. The molecule has 3 nitrogen and oxygen atoms in total. The Labute approximate surface area is 120 Å². The van der Waals surface area contributed by atoms with Crippen molar-refractivity contribution in [3.05, 3.63) is 0 Å². The van der Waals surface area contributed by atoms with Crippen LogP contribution in [0.3, 0.4) is 0 Å². The lowest BCUT2D eigenvalue weighted by molar-refractivity contribution is -0.0260. The zero-order valence-corrected chi connectivity index (χ0v) is 13.5. The van der Waals surface area contributed by atoms with Gasteiger partial charge in [0, 0.05) is 26.2 Å². The van der Waals surface area contributed by atoms with Gasteiger partial charge in [-0.1, -0.05) is 47.0 Å². The Hall–Kier alpha value is -0.120. The monoisotopic (exact) mass is 270 g/mol. The van der Waals surface area contributed by atoms with E-state index in [-0.39, 0.29) is 0 Å². The summed E-state index contributed by atoms with van der Waals surface area (Å²) in [4.78, 5) is 2.47. The number of morpholine rings is 1. The molecule has 1 atom stereocenters. The fourth-order valence-electron chi connectivity index (χ4n) is 2.70. The molecule has 0 amide bonds.